The molecule has 1 saturated heterocycles. The van der Waals surface area contributed by atoms with Crippen molar-refractivity contribution < 1.29 is 4.74 Å². The Bertz CT molecular complexity index is 1080. The number of hydrogen-bond acceptors (Lipinski definition) is 5. The van der Waals surface area contributed by atoms with Crippen LogP contribution in [0.4, 0.5) is 0 Å². The molecule has 7 heteroatoms. The monoisotopic (exact) mass is 402 g/mol. The van der Waals surface area contributed by atoms with Gasteiger partial charge in [-0.25, -0.2) is 4.99 Å². The summed E-state index contributed by atoms with van der Waals surface area (Å²) in [5, 5.41) is 1.03. The van der Waals surface area contributed by atoms with Crippen molar-refractivity contribution in [1.29, 1.82) is 0 Å². The van der Waals surface area contributed by atoms with Crippen molar-refractivity contribution in [2.75, 3.05) is 26.3 Å². The Kier molecular flexibility index (Phi) is 5.92. The normalized spacial score (nSPS) is 15.6. The predicted octanol–water partition coefficient (Wildman–Crippen LogP) is 2.12. The number of aromatic nitrogens is 1. The summed E-state index contributed by atoms with van der Waals surface area (Å²) in [6.07, 6.45) is 1.94. The number of benzene rings is 2. The lowest BCUT2D eigenvalue weighted by Gasteiger charge is -2.26. The van der Waals surface area contributed by atoms with Crippen LogP contribution in [0.15, 0.2) is 65.8 Å². The number of nitrogens with two attached hydrogens (primary N) is 3. The molecular weight excluding hydrogens is 376 g/mol. The second-order valence-corrected chi connectivity index (χ2v) is 7.30. The fourth-order valence-electron chi connectivity index (χ4n) is 3.59. The maximum atomic E-state index is 6.52. The summed E-state index contributed by atoms with van der Waals surface area (Å²) in [6, 6.07) is 17.7. The largest absolute Gasteiger partial charge is 0.396 e. The number of guanidine groups is 1. The number of ether oxygens (including phenoxy) is 1. The van der Waals surface area contributed by atoms with Gasteiger partial charge >= 0.3 is 0 Å². The lowest BCUT2D eigenvalue weighted by molar-refractivity contribution is 0.0341. The highest BCUT2D eigenvalue weighted by atomic mass is 16.5. The Morgan fingerprint density at radius 3 is 2.47 bits per heavy atom. The molecule has 0 aliphatic carbocycles. The smallest absolute Gasteiger partial charge is 0.191 e. The molecule has 0 atom stereocenters. The van der Waals surface area contributed by atoms with Gasteiger partial charge in [0.2, 0.25) is 0 Å². The van der Waals surface area contributed by atoms with Crippen LogP contribution in [0.1, 0.15) is 16.7 Å². The predicted molar refractivity (Wildman–Crippen MR) is 121 cm³/mol. The SMILES string of the molecule is NC(N)=N/C(=C(\N)c1ccc2ncc(CN3CCOCC3)cc2c1)c1ccccc1. The van der Waals surface area contributed by atoms with Crippen LogP contribution < -0.4 is 17.2 Å². The van der Waals surface area contributed by atoms with Gasteiger partial charge in [0.1, 0.15) is 0 Å². The summed E-state index contributed by atoms with van der Waals surface area (Å²) < 4.78 is 5.43. The highest BCUT2D eigenvalue weighted by Gasteiger charge is 2.13. The topological polar surface area (TPSA) is 116 Å². The van der Waals surface area contributed by atoms with E-state index in [9.17, 15) is 0 Å². The van der Waals surface area contributed by atoms with Gasteiger partial charge in [-0.2, -0.15) is 0 Å². The molecule has 2 heterocycles. The summed E-state index contributed by atoms with van der Waals surface area (Å²) in [6.45, 7) is 4.28. The molecule has 0 bridgehead atoms. The molecule has 3 aromatic rings. The molecule has 4 rings (SSSR count). The first kappa shape index (κ1) is 19.9. The van der Waals surface area contributed by atoms with Crippen LogP contribution in [-0.4, -0.2) is 42.1 Å². The number of fused-ring (bicyclic) bond motifs is 1. The second-order valence-electron chi connectivity index (χ2n) is 7.30. The quantitative estimate of drug-likeness (QED) is 0.342. The summed E-state index contributed by atoms with van der Waals surface area (Å²) in [4.78, 5) is 11.3. The van der Waals surface area contributed by atoms with Crippen LogP contribution in [0.25, 0.3) is 22.3 Å². The zero-order valence-corrected chi connectivity index (χ0v) is 16.8. The van der Waals surface area contributed by atoms with E-state index in [4.69, 9.17) is 21.9 Å². The third kappa shape index (κ3) is 4.59. The molecule has 1 aromatic heterocycles. The highest BCUT2D eigenvalue weighted by Crippen LogP contribution is 2.26. The molecule has 1 aliphatic heterocycles. The van der Waals surface area contributed by atoms with E-state index in [0.29, 0.717) is 11.4 Å². The Labute approximate surface area is 175 Å². The number of nitrogens with zero attached hydrogens (tertiary/aromatic N) is 3. The van der Waals surface area contributed by atoms with E-state index < -0.39 is 0 Å². The van der Waals surface area contributed by atoms with Crippen LogP contribution in [0, 0.1) is 0 Å². The number of morpholine rings is 1. The summed E-state index contributed by atoms with van der Waals surface area (Å²) in [5.74, 6) is -0.0351. The van der Waals surface area contributed by atoms with Crippen molar-refractivity contribution in [3.8, 4) is 0 Å². The number of rotatable bonds is 5. The Hall–Kier alpha value is -3.42. The molecule has 0 unspecified atom stereocenters. The third-order valence-electron chi connectivity index (χ3n) is 5.10. The minimum Gasteiger partial charge on any atom is -0.396 e. The van der Waals surface area contributed by atoms with Crippen molar-refractivity contribution >= 4 is 28.3 Å². The fourth-order valence-corrected chi connectivity index (χ4v) is 3.59. The Morgan fingerprint density at radius 1 is 0.967 bits per heavy atom. The zero-order valence-electron chi connectivity index (χ0n) is 16.8. The Morgan fingerprint density at radius 2 is 1.73 bits per heavy atom. The molecule has 0 saturated carbocycles. The standard InChI is InChI=1S/C23H26N6O/c24-21(22(28-23(25)26)17-4-2-1-3-5-17)18-6-7-20-19(13-18)12-16(14-27-20)15-29-8-10-30-11-9-29/h1-7,12-14H,8-11,15,24H2,(H4,25,26,28)/b22-21-. The van der Waals surface area contributed by atoms with Crippen LogP contribution in [0.3, 0.4) is 0 Å². The number of aliphatic imine (C=N–C) groups is 1. The lowest BCUT2D eigenvalue weighted by Crippen LogP contribution is -2.35. The van der Waals surface area contributed by atoms with E-state index >= 15 is 0 Å². The summed E-state index contributed by atoms with van der Waals surface area (Å²) >= 11 is 0. The van der Waals surface area contributed by atoms with E-state index in [1.54, 1.807) is 0 Å². The first-order valence-electron chi connectivity index (χ1n) is 9.94. The minimum atomic E-state index is -0.0351. The van der Waals surface area contributed by atoms with Gasteiger partial charge in [0, 0.05) is 42.3 Å². The lowest BCUT2D eigenvalue weighted by atomic mass is 10.0. The second kappa shape index (κ2) is 8.94. The molecule has 0 radical (unpaired) electrons. The average Bonchev–Trinajstić information content (AvgIpc) is 2.78. The average molecular weight is 403 g/mol. The molecule has 0 spiro atoms. The van der Waals surface area contributed by atoms with E-state index in [-0.39, 0.29) is 5.96 Å². The van der Waals surface area contributed by atoms with Crippen LogP contribution in [0.5, 0.6) is 0 Å². The molecule has 1 fully saturated rings. The van der Waals surface area contributed by atoms with Gasteiger partial charge in [0.15, 0.2) is 5.96 Å². The molecule has 30 heavy (non-hydrogen) atoms. The van der Waals surface area contributed by atoms with Crippen LogP contribution in [0.2, 0.25) is 0 Å². The van der Waals surface area contributed by atoms with Crippen LogP contribution in [-0.2, 0) is 11.3 Å². The summed E-state index contributed by atoms with van der Waals surface area (Å²) in [7, 11) is 0. The van der Waals surface area contributed by atoms with Crippen molar-refractivity contribution in [2.24, 2.45) is 22.2 Å². The fraction of sp³-hybridized carbons (Fsp3) is 0.217. The molecule has 1 aliphatic rings. The zero-order chi connectivity index (χ0) is 20.9. The molecule has 2 aromatic carbocycles. The molecule has 0 amide bonds. The number of hydrogen-bond donors (Lipinski definition) is 3. The first-order valence-corrected chi connectivity index (χ1v) is 9.94. The van der Waals surface area contributed by atoms with Gasteiger partial charge in [-0.1, -0.05) is 36.4 Å². The van der Waals surface area contributed by atoms with Gasteiger partial charge in [0.25, 0.3) is 0 Å². The first-order chi connectivity index (χ1) is 14.6. The van der Waals surface area contributed by atoms with Crippen molar-refractivity contribution in [1.82, 2.24) is 9.88 Å². The van der Waals surface area contributed by atoms with Crippen LogP contribution >= 0.6 is 0 Å². The van der Waals surface area contributed by atoms with Crippen molar-refractivity contribution in [3.05, 3.63) is 77.5 Å². The van der Waals surface area contributed by atoms with Gasteiger partial charge in [-0.05, 0) is 23.8 Å². The van der Waals surface area contributed by atoms with Gasteiger partial charge < -0.3 is 21.9 Å². The maximum Gasteiger partial charge on any atom is 0.191 e. The highest BCUT2D eigenvalue weighted by molar-refractivity contribution is 5.96. The molecular formula is C23H26N6O. The molecule has 7 nitrogen and oxygen atoms in total. The molecule has 154 valence electrons. The van der Waals surface area contributed by atoms with E-state index in [2.05, 4.69) is 20.9 Å². The summed E-state index contributed by atoms with van der Waals surface area (Å²) in [5.41, 5.74) is 22.7. The minimum absolute atomic E-state index is 0.0351. The van der Waals surface area contributed by atoms with Gasteiger partial charge in [-0.3, -0.25) is 9.88 Å². The maximum absolute atomic E-state index is 6.52. The molecule has 6 N–H and O–H groups in total. The van der Waals surface area contributed by atoms with E-state index in [0.717, 1.165) is 60.4 Å². The van der Waals surface area contributed by atoms with Gasteiger partial charge in [-0.15, -0.1) is 0 Å². The van der Waals surface area contributed by atoms with E-state index in [1.807, 2.05) is 54.7 Å². The van der Waals surface area contributed by atoms with Crippen molar-refractivity contribution in [2.45, 2.75) is 6.54 Å². The number of pyridine rings is 1. The Balaban J connectivity index is 1.71. The van der Waals surface area contributed by atoms with Gasteiger partial charge in [0.05, 0.1) is 30.1 Å². The third-order valence-corrected chi connectivity index (χ3v) is 5.10. The van der Waals surface area contributed by atoms with E-state index in [1.165, 1.54) is 0 Å². The van der Waals surface area contributed by atoms with Crippen molar-refractivity contribution in [3.63, 3.8) is 0 Å².